The molecule has 1 atom stereocenters. The molecule has 2 aromatic rings. The van der Waals surface area contributed by atoms with Gasteiger partial charge in [-0.1, -0.05) is 18.2 Å². The molecule has 4 rings (SSSR count). The van der Waals surface area contributed by atoms with Gasteiger partial charge in [0.25, 0.3) is 0 Å². The van der Waals surface area contributed by atoms with Crippen molar-refractivity contribution in [2.24, 2.45) is 0 Å². The minimum Gasteiger partial charge on any atom is -0.490 e. The lowest BCUT2D eigenvalue weighted by atomic mass is 10.0. The van der Waals surface area contributed by atoms with Crippen molar-refractivity contribution in [1.82, 2.24) is 4.90 Å². The zero-order valence-corrected chi connectivity index (χ0v) is 18.0. The topological polar surface area (TPSA) is 68.3 Å². The number of amides is 1. The lowest BCUT2D eigenvalue weighted by Gasteiger charge is -2.28. The summed E-state index contributed by atoms with van der Waals surface area (Å²) in [6.07, 6.45) is 2.87. The molecule has 7 nitrogen and oxygen atoms in total. The summed E-state index contributed by atoms with van der Waals surface area (Å²) in [5, 5.41) is 0. The summed E-state index contributed by atoms with van der Waals surface area (Å²) in [6.45, 7) is 2.42. The third kappa shape index (κ3) is 4.51. The third-order valence-electron chi connectivity index (χ3n) is 5.90. The fourth-order valence-corrected chi connectivity index (χ4v) is 4.24. The van der Waals surface area contributed by atoms with E-state index in [1.54, 1.807) is 25.2 Å². The van der Waals surface area contributed by atoms with E-state index in [9.17, 15) is 9.59 Å². The Morgan fingerprint density at radius 3 is 2.68 bits per heavy atom. The number of likely N-dealkylation sites (N-methyl/N-ethyl adjacent to an activating group) is 1. The van der Waals surface area contributed by atoms with Gasteiger partial charge < -0.3 is 19.1 Å². The molecule has 1 amide bonds. The highest BCUT2D eigenvalue weighted by molar-refractivity contribution is 6.02. The molecular formula is C24H28N2O5. The Morgan fingerprint density at radius 2 is 1.87 bits per heavy atom. The molecule has 2 heterocycles. The fourth-order valence-electron chi connectivity index (χ4n) is 4.24. The molecule has 1 saturated heterocycles. The van der Waals surface area contributed by atoms with E-state index in [1.807, 2.05) is 18.2 Å². The average molecular weight is 424 g/mol. The predicted molar refractivity (Wildman–Crippen MR) is 117 cm³/mol. The van der Waals surface area contributed by atoms with Gasteiger partial charge in [0.05, 0.1) is 38.1 Å². The van der Waals surface area contributed by atoms with Gasteiger partial charge in [-0.2, -0.15) is 0 Å². The molecule has 0 N–H and O–H groups in total. The smallest absolute Gasteiger partial charge is 0.339 e. The van der Waals surface area contributed by atoms with Crippen molar-refractivity contribution in [3.05, 3.63) is 53.6 Å². The summed E-state index contributed by atoms with van der Waals surface area (Å²) in [7, 11) is 3.04. The number of nitrogens with zero attached hydrogens (tertiary/aromatic N) is 2. The van der Waals surface area contributed by atoms with Gasteiger partial charge in [0, 0.05) is 19.5 Å². The minimum atomic E-state index is -0.457. The number of methoxy groups -OCH3 is 1. The van der Waals surface area contributed by atoms with Crippen LogP contribution in [-0.4, -0.2) is 57.2 Å². The molecule has 0 radical (unpaired) electrons. The fraction of sp³-hybridized carbons (Fsp3) is 0.417. The van der Waals surface area contributed by atoms with Crippen LogP contribution in [0.25, 0.3) is 0 Å². The lowest BCUT2D eigenvalue weighted by Crippen LogP contribution is -2.38. The molecule has 0 aromatic heterocycles. The third-order valence-corrected chi connectivity index (χ3v) is 5.90. The second kappa shape index (κ2) is 9.39. The Hall–Kier alpha value is -3.06. The molecule has 0 spiro atoms. The maximum absolute atomic E-state index is 13.1. The Balaban J connectivity index is 1.50. The Kier molecular flexibility index (Phi) is 6.42. The van der Waals surface area contributed by atoms with Crippen LogP contribution in [0, 0.1) is 0 Å². The molecule has 0 saturated carbocycles. The van der Waals surface area contributed by atoms with Gasteiger partial charge in [-0.3, -0.25) is 9.69 Å². The van der Waals surface area contributed by atoms with E-state index in [-0.39, 0.29) is 18.5 Å². The summed E-state index contributed by atoms with van der Waals surface area (Å²) in [5.41, 5.74) is 2.06. The quantitative estimate of drug-likeness (QED) is 0.685. The van der Waals surface area contributed by atoms with Crippen molar-refractivity contribution in [2.75, 3.05) is 45.4 Å². The van der Waals surface area contributed by atoms with E-state index in [1.165, 1.54) is 12.0 Å². The molecule has 2 aliphatic heterocycles. The monoisotopic (exact) mass is 424 g/mol. The first kappa shape index (κ1) is 21.2. The molecule has 1 fully saturated rings. The number of esters is 1. The van der Waals surface area contributed by atoms with Crippen molar-refractivity contribution in [3.63, 3.8) is 0 Å². The van der Waals surface area contributed by atoms with Crippen molar-refractivity contribution in [2.45, 2.75) is 25.3 Å². The molecule has 7 heteroatoms. The second-order valence-electron chi connectivity index (χ2n) is 7.85. The van der Waals surface area contributed by atoms with Gasteiger partial charge in [0.2, 0.25) is 5.91 Å². The van der Waals surface area contributed by atoms with Crippen LogP contribution in [0.5, 0.6) is 11.5 Å². The molecule has 2 aliphatic rings. The highest BCUT2D eigenvalue weighted by atomic mass is 16.5. The number of hydrogen-bond donors (Lipinski definition) is 0. The van der Waals surface area contributed by atoms with Crippen LogP contribution in [0.1, 0.15) is 41.2 Å². The largest absolute Gasteiger partial charge is 0.490 e. The molecule has 0 bridgehead atoms. The SMILES string of the molecule is COC(=O)c1ccccc1N(C)C(=O)CN1CCC[C@H]1c1ccc2c(c1)OCCCO2. The van der Waals surface area contributed by atoms with Crippen molar-refractivity contribution < 1.29 is 23.8 Å². The number of carbonyl (C=O) groups excluding carboxylic acids is 2. The summed E-state index contributed by atoms with van der Waals surface area (Å²) >= 11 is 0. The number of rotatable bonds is 5. The number of fused-ring (bicyclic) bond motifs is 1. The number of ether oxygens (including phenoxy) is 3. The van der Waals surface area contributed by atoms with Crippen molar-refractivity contribution in [3.8, 4) is 11.5 Å². The van der Waals surface area contributed by atoms with Gasteiger partial charge in [-0.05, 0) is 49.2 Å². The Bertz CT molecular complexity index is 961. The van der Waals surface area contributed by atoms with Gasteiger partial charge in [-0.15, -0.1) is 0 Å². The predicted octanol–water partition coefficient (Wildman–Crippen LogP) is 3.43. The number of benzene rings is 2. The maximum Gasteiger partial charge on any atom is 0.339 e. The van der Waals surface area contributed by atoms with Crippen LogP contribution >= 0.6 is 0 Å². The normalized spacial score (nSPS) is 18.3. The Morgan fingerprint density at radius 1 is 1.10 bits per heavy atom. The molecular weight excluding hydrogens is 396 g/mol. The standard InChI is InChI=1S/C24H28N2O5/c1-25(20-8-4-3-7-18(20)24(28)29-2)23(27)16-26-12-5-9-19(26)17-10-11-21-22(15-17)31-14-6-13-30-21/h3-4,7-8,10-11,15,19H,5-6,9,12-14,16H2,1-2H3/t19-/m0/s1. The van der Waals surface area contributed by atoms with Crippen LogP contribution in [0.4, 0.5) is 5.69 Å². The zero-order chi connectivity index (χ0) is 21.8. The summed E-state index contributed by atoms with van der Waals surface area (Å²) in [4.78, 5) is 28.9. The highest BCUT2D eigenvalue weighted by Crippen LogP contribution is 2.38. The molecule has 0 unspecified atom stereocenters. The van der Waals surface area contributed by atoms with Gasteiger partial charge in [-0.25, -0.2) is 4.79 Å². The second-order valence-corrected chi connectivity index (χ2v) is 7.85. The zero-order valence-electron chi connectivity index (χ0n) is 18.0. The number of para-hydroxylation sites is 1. The number of likely N-dealkylation sites (tertiary alicyclic amines) is 1. The van der Waals surface area contributed by atoms with Crippen molar-refractivity contribution >= 4 is 17.6 Å². The summed E-state index contributed by atoms with van der Waals surface area (Å²) in [5.74, 6) is 1.03. The first-order valence-corrected chi connectivity index (χ1v) is 10.7. The van der Waals surface area contributed by atoms with E-state index in [0.717, 1.165) is 42.9 Å². The van der Waals surface area contributed by atoms with E-state index < -0.39 is 5.97 Å². The van der Waals surface area contributed by atoms with Gasteiger partial charge >= 0.3 is 5.97 Å². The van der Waals surface area contributed by atoms with E-state index >= 15 is 0 Å². The van der Waals surface area contributed by atoms with Crippen LogP contribution in [0.15, 0.2) is 42.5 Å². The molecule has 0 aliphatic carbocycles. The van der Waals surface area contributed by atoms with E-state index in [0.29, 0.717) is 24.5 Å². The van der Waals surface area contributed by atoms with Crippen LogP contribution in [0.3, 0.4) is 0 Å². The minimum absolute atomic E-state index is 0.0717. The first-order valence-electron chi connectivity index (χ1n) is 10.7. The molecule has 31 heavy (non-hydrogen) atoms. The van der Waals surface area contributed by atoms with E-state index in [4.69, 9.17) is 14.2 Å². The lowest BCUT2D eigenvalue weighted by molar-refractivity contribution is -0.119. The van der Waals surface area contributed by atoms with Crippen LogP contribution in [-0.2, 0) is 9.53 Å². The Labute approximate surface area is 182 Å². The average Bonchev–Trinajstić information content (AvgIpc) is 3.13. The molecule has 164 valence electrons. The number of carbonyl (C=O) groups is 2. The maximum atomic E-state index is 13.1. The summed E-state index contributed by atoms with van der Waals surface area (Å²) < 4.78 is 16.4. The first-order chi connectivity index (χ1) is 15.1. The van der Waals surface area contributed by atoms with Gasteiger partial charge in [0.1, 0.15) is 0 Å². The molecule has 2 aromatic carbocycles. The number of hydrogen-bond acceptors (Lipinski definition) is 6. The van der Waals surface area contributed by atoms with Crippen LogP contribution in [0.2, 0.25) is 0 Å². The van der Waals surface area contributed by atoms with Crippen LogP contribution < -0.4 is 14.4 Å². The van der Waals surface area contributed by atoms with E-state index in [2.05, 4.69) is 11.0 Å². The number of anilines is 1. The van der Waals surface area contributed by atoms with Crippen molar-refractivity contribution in [1.29, 1.82) is 0 Å². The highest BCUT2D eigenvalue weighted by Gasteiger charge is 2.30. The van der Waals surface area contributed by atoms with Gasteiger partial charge in [0.15, 0.2) is 11.5 Å². The summed E-state index contributed by atoms with van der Waals surface area (Å²) in [6, 6.07) is 13.2.